The number of Topliss-reactive ketones (excluding diaryl/α,β-unsaturated/α-hetero) is 1. The maximum absolute atomic E-state index is 11.4. The summed E-state index contributed by atoms with van der Waals surface area (Å²) in [6.07, 6.45) is 3.00. The molecule has 2 N–H and O–H groups in total. The minimum atomic E-state index is -0.964. The molecule has 98 valence electrons. The van der Waals surface area contributed by atoms with E-state index in [4.69, 9.17) is 5.11 Å². The lowest BCUT2D eigenvalue weighted by molar-refractivity contribution is -0.140. The molecule has 0 aromatic rings. The first-order valence-corrected chi connectivity index (χ1v) is 5.92. The highest BCUT2D eigenvalue weighted by atomic mass is 16.4. The average molecular weight is 243 g/mol. The van der Waals surface area contributed by atoms with Crippen LogP contribution < -0.4 is 5.32 Å². The molecule has 0 aliphatic rings. The Hall–Kier alpha value is -1.39. The summed E-state index contributed by atoms with van der Waals surface area (Å²) in [5.41, 5.74) is 0. The zero-order valence-corrected chi connectivity index (χ0v) is 10.5. The fraction of sp³-hybridized carbons (Fsp3) is 0.750. The summed E-state index contributed by atoms with van der Waals surface area (Å²) < 4.78 is 0. The van der Waals surface area contributed by atoms with Gasteiger partial charge in [0.05, 0.1) is 6.42 Å². The summed E-state index contributed by atoms with van der Waals surface area (Å²) >= 11 is 0. The zero-order valence-electron chi connectivity index (χ0n) is 10.5. The van der Waals surface area contributed by atoms with Crippen molar-refractivity contribution in [3.8, 4) is 0 Å². The molecular formula is C12H21NO4. The number of carbonyl (C=O) groups is 3. The number of nitrogens with one attached hydrogen (secondary N) is 1. The Kier molecular flexibility index (Phi) is 8.01. The van der Waals surface area contributed by atoms with Gasteiger partial charge in [0.25, 0.3) is 0 Å². The maximum atomic E-state index is 11.4. The molecule has 0 heterocycles. The lowest BCUT2D eigenvalue weighted by atomic mass is 10.1. The topological polar surface area (TPSA) is 83.5 Å². The van der Waals surface area contributed by atoms with Crippen molar-refractivity contribution in [3.63, 3.8) is 0 Å². The van der Waals surface area contributed by atoms with Crippen molar-refractivity contribution in [3.05, 3.63) is 0 Å². The Morgan fingerprint density at radius 2 is 1.82 bits per heavy atom. The third-order valence-corrected chi connectivity index (χ3v) is 2.43. The molecule has 1 atom stereocenters. The minimum absolute atomic E-state index is 0.143. The number of carboxylic acid groups (broad SMARTS) is 1. The SMILES string of the molecule is CC(=O)CCCCCNC(=O)C(C)CC(=O)O. The Morgan fingerprint density at radius 3 is 2.35 bits per heavy atom. The van der Waals surface area contributed by atoms with E-state index in [9.17, 15) is 14.4 Å². The molecule has 1 unspecified atom stereocenters. The van der Waals surface area contributed by atoms with Crippen molar-refractivity contribution >= 4 is 17.7 Å². The van der Waals surface area contributed by atoms with E-state index in [-0.39, 0.29) is 18.1 Å². The van der Waals surface area contributed by atoms with Gasteiger partial charge < -0.3 is 15.2 Å². The van der Waals surface area contributed by atoms with Crippen molar-refractivity contribution in [2.45, 2.75) is 46.0 Å². The molecule has 0 bridgehead atoms. The number of amides is 1. The molecule has 0 radical (unpaired) electrons. The lowest BCUT2D eigenvalue weighted by Gasteiger charge is -2.09. The first kappa shape index (κ1) is 15.6. The van der Waals surface area contributed by atoms with Crippen molar-refractivity contribution < 1.29 is 19.5 Å². The van der Waals surface area contributed by atoms with Gasteiger partial charge in [-0.15, -0.1) is 0 Å². The van der Waals surface area contributed by atoms with Gasteiger partial charge in [0.15, 0.2) is 0 Å². The van der Waals surface area contributed by atoms with E-state index < -0.39 is 11.9 Å². The second kappa shape index (κ2) is 8.73. The van der Waals surface area contributed by atoms with E-state index in [0.29, 0.717) is 13.0 Å². The van der Waals surface area contributed by atoms with Crippen molar-refractivity contribution in [1.82, 2.24) is 5.32 Å². The molecular weight excluding hydrogens is 222 g/mol. The van der Waals surface area contributed by atoms with Gasteiger partial charge in [-0.05, 0) is 19.8 Å². The first-order valence-electron chi connectivity index (χ1n) is 5.92. The second-order valence-corrected chi connectivity index (χ2v) is 4.30. The summed E-state index contributed by atoms with van der Waals surface area (Å²) in [7, 11) is 0. The summed E-state index contributed by atoms with van der Waals surface area (Å²) in [4.78, 5) is 32.4. The predicted molar refractivity (Wildman–Crippen MR) is 63.6 cm³/mol. The van der Waals surface area contributed by atoms with Crippen LogP contribution in [-0.4, -0.2) is 29.3 Å². The van der Waals surface area contributed by atoms with Gasteiger partial charge in [-0.2, -0.15) is 0 Å². The van der Waals surface area contributed by atoms with Crippen LogP contribution in [0.15, 0.2) is 0 Å². The highest BCUT2D eigenvalue weighted by molar-refractivity contribution is 5.82. The second-order valence-electron chi connectivity index (χ2n) is 4.30. The normalized spacial score (nSPS) is 11.9. The van der Waals surface area contributed by atoms with Crippen LogP contribution in [0.25, 0.3) is 0 Å². The molecule has 0 rings (SSSR count). The lowest BCUT2D eigenvalue weighted by Crippen LogP contribution is -2.31. The van der Waals surface area contributed by atoms with E-state index in [1.807, 2.05) is 0 Å². The third kappa shape index (κ3) is 9.53. The van der Waals surface area contributed by atoms with Gasteiger partial charge in [-0.1, -0.05) is 13.3 Å². The molecule has 0 aliphatic heterocycles. The van der Waals surface area contributed by atoms with Crippen molar-refractivity contribution in [2.75, 3.05) is 6.54 Å². The molecule has 0 fully saturated rings. The number of hydrogen-bond donors (Lipinski definition) is 2. The number of hydrogen-bond acceptors (Lipinski definition) is 3. The van der Waals surface area contributed by atoms with E-state index in [0.717, 1.165) is 19.3 Å². The van der Waals surface area contributed by atoms with E-state index in [2.05, 4.69) is 5.32 Å². The number of carbonyl (C=O) groups excluding carboxylic acids is 2. The van der Waals surface area contributed by atoms with Crippen LogP contribution in [0.3, 0.4) is 0 Å². The fourth-order valence-corrected chi connectivity index (χ4v) is 1.42. The van der Waals surface area contributed by atoms with Crippen molar-refractivity contribution in [1.29, 1.82) is 0 Å². The van der Waals surface area contributed by atoms with Crippen LogP contribution in [-0.2, 0) is 14.4 Å². The van der Waals surface area contributed by atoms with Gasteiger partial charge >= 0.3 is 5.97 Å². The smallest absolute Gasteiger partial charge is 0.304 e. The van der Waals surface area contributed by atoms with Crippen LogP contribution in [0.5, 0.6) is 0 Å². The third-order valence-electron chi connectivity index (χ3n) is 2.43. The van der Waals surface area contributed by atoms with Crippen LogP contribution in [0.2, 0.25) is 0 Å². The summed E-state index contributed by atoms with van der Waals surface area (Å²) in [6.45, 7) is 3.70. The van der Waals surface area contributed by atoms with E-state index >= 15 is 0 Å². The molecule has 0 saturated carbocycles. The number of carboxylic acids is 1. The Morgan fingerprint density at radius 1 is 1.18 bits per heavy atom. The Bertz CT molecular complexity index is 276. The van der Waals surface area contributed by atoms with Crippen LogP contribution in [0.4, 0.5) is 0 Å². The summed E-state index contributed by atoms with van der Waals surface area (Å²) in [5, 5.41) is 11.2. The van der Waals surface area contributed by atoms with Crippen LogP contribution in [0, 0.1) is 5.92 Å². The van der Waals surface area contributed by atoms with E-state index in [1.54, 1.807) is 13.8 Å². The molecule has 0 aromatic carbocycles. The summed E-state index contributed by atoms with van der Waals surface area (Å²) in [6, 6.07) is 0. The average Bonchev–Trinajstić information content (AvgIpc) is 2.21. The molecule has 0 aliphatic carbocycles. The van der Waals surface area contributed by atoms with Gasteiger partial charge in [0, 0.05) is 18.9 Å². The molecule has 5 heteroatoms. The molecule has 0 spiro atoms. The maximum Gasteiger partial charge on any atom is 0.304 e. The standard InChI is InChI=1S/C12H21NO4/c1-9(8-11(15)16)12(17)13-7-5-3-4-6-10(2)14/h9H,3-8H2,1-2H3,(H,13,17)(H,15,16). The number of aliphatic carboxylic acids is 1. The fourth-order valence-electron chi connectivity index (χ4n) is 1.42. The van der Waals surface area contributed by atoms with Crippen LogP contribution >= 0.6 is 0 Å². The monoisotopic (exact) mass is 243 g/mol. The highest BCUT2D eigenvalue weighted by Gasteiger charge is 2.15. The molecule has 5 nitrogen and oxygen atoms in total. The summed E-state index contributed by atoms with van der Waals surface area (Å²) in [5.74, 6) is -1.50. The number of ketones is 1. The Balaban J connectivity index is 3.51. The molecule has 0 aromatic heterocycles. The van der Waals surface area contributed by atoms with E-state index in [1.165, 1.54) is 0 Å². The minimum Gasteiger partial charge on any atom is -0.481 e. The number of unbranched alkanes of at least 4 members (excludes halogenated alkanes) is 2. The highest BCUT2D eigenvalue weighted by Crippen LogP contribution is 2.03. The quantitative estimate of drug-likeness (QED) is 0.599. The van der Waals surface area contributed by atoms with Gasteiger partial charge in [-0.25, -0.2) is 0 Å². The largest absolute Gasteiger partial charge is 0.481 e. The number of rotatable bonds is 9. The zero-order chi connectivity index (χ0) is 13.3. The molecule has 17 heavy (non-hydrogen) atoms. The van der Waals surface area contributed by atoms with Gasteiger partial charge in [0.1, 0.15) is 5.78 Å². The molecule has 1 amide bonds. The first-order chi connectivity index (χ1) is 7.93. The van der Waals surface area contributed by atoms with Gasteiger partial charge in [0.2, 0.25) is 5.91 Å². The predicted octanol–water partition coefficient (Wildman–Crippen LogP) is 1.36. The van der Waals surface area contributed by atoms with Crippen LogP contribution in [0.1, 0.15) is 46.0 Å². The van der Waals surface area contributed by atoms with Crippen molar-refractivity contribution in [2.24, 2.45) is 5.92 Å². The van der Waals surface area contributed by atoms with Gasteiger partial charge in [-0.3, -0.25) is 9.59 Å². The molecule has 0 saturated heterocycles. The Labute approximate surface area is 102 Å².